The zero-order valence-corrected chi connectivity index (χ0v) is 39.3. The van der Waals surface area contributed by atoms with Crippen LogP contribution in [-0.4, -0.2) is 131 Å². The highest BCUT2D eigenvalue weighted by Crippen LogP contribution is 2.56. The van der Waals surface area contributed by atoms with Crippen molar-refractivity contribution in [3.63, 3.8) is 0 Å². The molecule has 0 saturated carbocycles. The molecule has 9 N–H and O–H groups in total. The predicted octanol–water partition coefficient (Wildman–Crippen LogP) is -2.02. The van der Waals surface area contributed by atoms with E-state index in [-0.39, 0.29) is 74.4 Å². The second-order valence-corrected chi connectivity index (χ2v) is 19.6. The summed E-state index contributed by atoms with van der Waals surface area (Å²) in [4.78, 5) is 126. The third kappa shape index (κ3) is 22.4. The third-order valence-electron chi connectivity index (χ3n) is 9.41. The maximum absolute atomic E-state index is 12.5. The lowest BCUT2D eigenvalue weighted by Gasteiger charge is -2.36. The van der Waals surface area contributed by atoms with Crippen molar-refractivity contribution in [2.75, 3.05) is 32.0 Å². The first-order chi connectivity index (χ1) is 31.5. The lowest BCUT2D eigenvalue weighted by molar-refractivity contribution is -0.347. The van der Waals surface area contributed by atoms with Crippen LogP contribution in [-0.2, 0) is 65.1 Å². The highest BCUT2D eigenvalue weighted by atomic mass is 31.3. The molecule has 0 aromatic carbocycles. The van der Waals surface area contributed by atoms with Gasteiger partial charge >= 0.3 is 17.9 Å². The van der Waals surface area contributed by atoms with Gasteiger partial charge in [0.15, 0.2) is 17.7 Å². The number of ketones is 1. The number of carboxylic acids is 3. The standard InChI is InChI=1S/C28H46N7O19P3.C7H12O4/c1-28(2,23(41)26(42)31-11-9-18(37)30-10-8-16(36)6-4-3-5-7-19(38)39)13-51-57(48,49)54-56(46,47)50-12-17-22(53-55(43,44)45)21(40)27(52-17)35-15-34-20-24(29)32-14-33-25(20)35;8-6(9)4-2-1-3-5-7(10)11/h14-15,17,21-23,27,40-41H,3-13H2,1-2H3,(H,30,37)(H,31,42)(H,38,39)(H,46,47)(H,48,49)(H2,29,32,33)(H2,43,44,45);1-5H2,(H,8,9)(H,10,11)/p-4. The van der Waals surface area contributed by atoms with Crippen molar-refractivity contribution in [1.29, 1.82) is 0 Å². The molecule has 3 rings (SSSR count). The number of hydrogen-bond acceptors (Lipinski definition) is 24. The fourth-order valence-corrected chi connectivity index (χ4v) is 8.62. The van der Waals surface area contributed by atoms with E-state index in [2.05, 4.69) is 43.5 Å². The molecular formula is C35H54N7O23P3-4. The van der Waals surface area contributed by atoms with Gasteiger partial charge in [0.2, 0.25) is 11.8 Å². The molecule has 7 atom stereocenters. The molecule has 2 amide bonds. The Bertz CT molecular complexity index is 2160. The lowest BCUT2D eigenvalue weighted by atomic mass is 9.87. The van der Waals surface area contributed by atoms with Crippen molar-refractivity contribution in [1.82, 2.24) is 30.2 Å². The number of phosphoric ester groups is 3. The number of phosphoric acid groups is 3. The largest absolute Gasteiger partial charge is 0.790 e. The zero-order chi connectivity index (χ0) is 51.5. The number of Topliss-reactive ketones (excluding diaryl/α,β-unsaturated/α-hetero) is 1. The summed E-state index contributed by atoms with van der Waals surface area (Å²) < 4.78 is 60.4. The Morgan fingerprint density at radius 3 is 1.91 bits per heavy atom. The summed E-state index contributed by atoms with van der Waals surface area (Å²) in [5.41, 5.74) is 4.02. The van der Waals surface area contributed by atoms with Crippen LogP contribution < -0.4 is 35.9 Å². The molecule has 2 aromatic heterocycles. The second kappa shape index (κ2) is 27.7. The molecule has 0 bridgehead atoms. The van der Waals surface area contributed by atoms with E-state index in [4.69, 9.17) is 25.8 Å². The van der Waals surface area contributed by atoms with Crippen LogP contribution in [0.5, 0.6) is 0 Å². The van der Waals surface area contributed by atoms with E-state index in [1.807, 2.05) is 0 Å². The molecule has 2 aromatic rings. The van der Waals surface area contributed by atoms with Crippen LogP contribution in [0.3, 0.4) is 0 Å². The highest BCUT2D eigenvalue weighted by molar-refractivity contribution is 7.59. The molecule has 0 radical (unpaired) electrons. The Hall–Kier alpha value is -4.38. The summed E-state index contributed by atoms with van der Waals surface area (Å²) >= 11 is 0. The minimum Gasteiger partial charge on any atom is -0.790 e. The number of nitrogens with zero attached hydrogens (tertiary/aromatic N) is 4. The summed E-state index contributed by atoms with van der Waals surface area (Å²) in [5, 5.41) is 51.1. The smallest absolute Gasteiger partial charge is 0.303 e. The number of nitrogens with one attached hydrogen (secondary N) is 2. The van der Waals surface area contributed by atoms with Gasteiger partial charge in [-0.25, -0.2) is 19.3 Å². The molecule has 386 valence electrons. The minimum atomic E-state index is -5.93. The molecule has 1 fully saturated rings. The number of imidazole rings is 1. The third-order valence-corrected chi connectivity index (χ3v) is 12.4. The molecule has 1 aliphatic heterocycles. The SMILES string of the molecule is CC(C)(COP(=O)([O-])OP(=O)([O-])OCC1OC(n2cnc3c(N)ncnc32)C(O)C1OP(=O)([O-])[O-])C(O)C(=O)NCCC(=O)NCCC(=O)CCCCCC(=O)O.O=C(O)CCCCCC(=O)O. The Morgan fingerprint density at radius 2 is 1.35 bits per heavy atom. The number of hydrogen-bond donors (Lipinski definition) is 8. The maximum Gasteiger partial charge on any atom is 0.303 e. The van der Waals surface area contributed by atoms with E-state index in [0.29, 0.717) is 38.5 Å². The van der Waals surface area contributed by atoms with E-state index < -0.39 is 102 Å². The van der Waals surface area contributed by atoms with Crippen LogP contribution in [0.25, 0.3) is 11.2 Å². The molecule has 7 unspecified atom stereocenters. The molecule has 1 saturated heterocycles. The number of nitrogens with two attached hydrogens (primary N) is 1. The number of aromatic nitrogens is 4. The predicted molar refractivity (Wildman–Crippen MR) is 219 cm³/mol. The summed E-state index contributed by atoms with van der Waals surface area (Å²) in [5.74, 6) is -4.34. The molecule has 0 spiro atoms. The van der Waals surface area contributed by atoms with Crippen molar-refractivity contribution in [3.05, 3.63) is 12.7 Å². The number of carboxylic acid groups (broad SMARTS) is 3. The average molecular weight is 1030 g/mol. The van der Waals surface area contributed by atoms with Gasteiger partial charge in [-0.1, -0.05) is 26.7 Å². The molecule has 3 heterocycles. The molecule has 68 heavy (non-hydrogen) atoms. The number of amides is 2. The molecule has 33 heteroatoms. The summed E-state index contributed by atoms with van der Waals surface area (Å²) in [7, 11) is -17.6. The Labute approximate surface area is 387 Å². The first kappa shape index (κ1) is 59.7. The number of aliphatic carboxylic acids is 3. The van der Waals surface area contributed by atoms with Crippen molar-refractivity contribution in [2.45, 2.75) is 122 Å². The number of anilines is 1. The zero-order valence-electron chi connectivity index (χ0n) is 36.6. The molecular weight excluding hydrogens is 979 g/mol. The Morgan fingerprint density at radius 1 is 0.809 bits per heavy atom. The van der Waals surface area contributed by atoms with Gasteiger partial charge in [-0.15, -0.1) is 0 Å². The van der Waals surface area contributed by atoms with E-state index in [1.54, 1.807) is 0 Å². The van der Waals surface area contributed by atoms with Gasteiger partial charge in [-0.05, 0) is 25.7 Å². The number of carbonyl (C=O) groups excluding carboxylic acids is 3. The maximum atomic E-state index is 12.5. The number of rotatable bonds is 31. The average Bonchev–Trinajstić information content (AvgIpc) is 3.78. The fraction of sp³-hybridized carbons (Fsp3) is 0.686. The first-order valence-electron chi connectivity index (χ1n) is 20.5. The van der Waals surface area contributed by atoms with Crippen molar-refractivity contribution < 1.29 is 110 Å². The second-order valence-electron chi connectivity index (χ2n) is 15.6. The first-order valence-corrected chi connectivity index (χ1v) is 24.9. The minimum absolute atomic E-state index is 0.0167. The van der Waals surface area contributed by atoms with Crippen LogP contribution in [0.2, 0.25) is 0 Å². The fourth-order valence-electron chi connectivity index (χ4n) is 5.89. The number of fused-ring (bicyclic) bond motifs is 1. The van der Waals surface area contributed by atoms with Gasteiger partial charge in [0.25, 0.3) is 15.6 Å². The lowest BCUT2D eigenvalue weighted by Crippen LogP contribution is -2.46. The van der Waals surface area contributed by atoms with Crippen molar-refractivity contribution in [3.8, 4) is 0 Å². The number of carbonyl (C=O) groups is 6. The van der Waals surface area contributed by atoms with E-state index >= 15 is 0 Å². The van der Waals surface area contributed by atoms with Gasteiger partial charge in [0.05, 0.1) is 27.4 Å². The summed E-state index contributed by atoms with van der Waals surface area (Å²) in [6, 6.07) is 0. The molecule has 30 nitrogen and oxygen atoms in total. The Kier molecular flexibility index (Phi) is 24.4. The highest BCUT2D eigenvalue weighted by Gasteiger charge is 2.47. The van der Waals surface area contributed by atoms with Crippen molar-refractivity contribution >= 4 is 76.0 Å². The van der Waals surface area contributed by atoms with E-state index in [1.165, 1.54) is 13.8 Å². The molecule has 0 aliphatic carbocycles. The quantitative estimate of drug-likeness (QED) is 0.0298. The number of ether oxygens (including phenoxy) is 1. The number of nitrogen functional groups attached to an aromatic ring is 1. The number of aliphatic hydroxyl groups is 2. The van der Waals surface area contributed by atoms with Crippen LogP contribution in [0, 0.1) is 5.41 Å². The summed E-state index contributed by atoms with van der Waals surface area (Å²) in [6.07, 6.45) is -3.78. The summed E-state index contributed by atoms with van der Waals surface area (Å²) in [6.45, 7) is -0.195. The van der Waals surface area contributed by atoms with E-state index in [0.717, 1.165) is 17.2 Å². The van der Waals surface area contributed by atoms with Gasteiger partial charge < -0.3 is 84.3 Å². The van der Waals surface area contributed by atoms with E-state index in [9.17, 15) is 72.2 Å². The van der Waals surface area contributed by atoms with Gasteiger partial charge in [-0.3, -0.25) is 42.5 Å². The number of aliphatic hydroxyl groups excluding tert-OH is 2. The van der Waals surface area contributed by atoms with Gasteiger partial charge in [0, 0.05) is 57.0 Å². The van der Waals surface area contributed by atoms with Crippen LogP contribution >= 0.6 is 23.5 Å². The monoisotopic (exact) mass is 1030 g/mol. The van der Waals surface area contributed by atoms with Crippen LogP contribution in [0.4, 0.5) is 5.82 Å². The number of unbranched alkanes of at least 4 members (excludes halogenated alkanes) is 4. The van der Waals surface area contributed by atoms with Gasteiger partial charge in [-0.2, -0.15) is 0 Å². The molecule has 1 aliphatic rings. The van der Waals surface area contributed by atoms with Crippen LogP contribution in [0.1, 0.15) is 97.1 Å². The van der Waals surface area contributed by atoms with Crippen LogP contribution in [0.15, 0.2) is 12.7 Å². The van der Waals surface area contributed by atoms with Crippen molar-refractivity contribution in [2.24, 2.45) is 5.41 Å². The Balaban J connectivity index is 0.00000127. The normalized spacial score (nSPS) is 19.5. The van der Waals surface area contributed by atoms with Gasteiger partial charge in [0.1, 0.15) is 42.0 Å². The topological polar surface area (TPSA) is 487 Å².